The van der Waals surface area contributed by atoms with Gasteiger partial charge in [0.25, 0.3) is 0 Å². The van der Waals surface area contributed by atoms with Crippen molar-refractivity contribution in [3.63, 3.8) is 0 Å². The number of fused-ring (bicyclic) bond motifs is 1. The van der Waals surface area contributed by atoms with E-state index < -0.39 is 21.2 Å². The smallest absolute Gasteiger partial charge is 0.216 e. The van der Waals surface area contributed by atoms with E-state index in [4.69, 9.17) is 0 Å². The summed E-state index contributed by atoms with van der Waals surface area (Å²) in [6, 6.07) is 0. The highest BCUT2D eigenvalue weighted by atomic mass is 17.1. The Bertz CT molecular complexity index is 410. The Morgan fingerprint density at radius 1 is 1.38 bits per heavy atom. The monoisotopic (exact) mass is 230 g/mol. The SMILES string of the molecule is CC12CC3=C(C=C1[NH+]([O-])O[NH+]2[O-])[NH+]([O-])ON3. The zero-order chi connectivity index (χ0) is 11.5. The molecule has 1 fully saturated rings. The van der Waals surface area contributed by atoms with Crippen molar-refractivity contribution in [2.75, 3.05) is 0 Å². The molecule has 0 aromatic heterocycles. The first kappa shape index (κ1) is 10.1. The number of allylic oxidation sites excluding steroid dienone is 1. The summed E-state index contributed by atoms with van der Waals surface area (Å²) < 4.78 is 0. The number of hydrogen-bond donors (Lipinski definition) is 4. The predicted molar refractivity (Wildman–Crippen MR) is 46.4 cm³/mol. The molecule has 0 bridgehead atoms. The fraction of sp³-hybridized carbons (Fsp3) is 0.429. The predicted octanol–water partition coefficient (Wildman–Crippen LogP) is -4.30. The Hall–Kier alpha value is -1.04. The van der Waals surface area contributed by atoms with E-state index >= 15 is 0 Å². The Kier molecular flexibility index (Phi) is 1.90. The molecule has 0 spiro atoms. The minimum Gasteiger partial charge on any atom is -0.595 e. The third-order valence-electron chi connectivity index (χ3n) is 3.08. The number of hydroxylamine groups is 7. The molecule has 3 rings (SSSR count). The summed E-state index contributed by atoms with van der Waals surface area (Å²) >= 11 is 0. The van der Waals surface area contributed by atoms with Gasteiger partial charge >= 0.3 is 0 Å². The highest BCUT2D eigenvalue weighted by Crippen LogP contribution is 2.27. The molecule has 1 saturated heterocycles. The van der Waals surface area contributed by atoms with E-state index in [1.165, 1.54) is 6.08 Å². The number of hydrogen-bond acceptors (Lipinski definition) is 6. The van der Waals surface area contributed by atoms with E-state index in [-0.39, 0.29) is 12.1 Å². The van der Waals surface area contributed by atoms with Gasteiger partial charge in [0.05, 0.1) is 12.5 Å². The van der Waals surface area contributed by atoms with Gasteiger partial charge in [0.15, 0.2) is 5.70 Å². The molecule has 2 aliphatic heterocycles. The fourth-order valence-electron chi connectivity index (χ4n) is 2.09. The molecular formula is C7H10N4O5. The van der Waals surface area contributed by atoms with Crippen LogP contribution in [0.2, 0.25) is 0 Å². The average molecular weight is 230 g/mol. The van der Waals surface area contributed by atoms with Gasteiger partial charge in [-0.25, -0.2) is 5.48 Å². The minimum atomic E-state index is -1.00. The zero-order valence-corrected chi connectivity index (χ0v) is 8.33. The Morgan fingerprint density at radius 3 is 2.88 bits per heavy atom. The van der Waals surface area contributed by atoms with Gasteiger partial charge in [0.1, 0.15) is 5.70 Å². The van der Waals surface area contributed by atoms with Crippen molar-refractivity contribution in [1.82, 2.24) is 5.48 Å². The molecule has 4 N–H and O–H groups in total. The molecule has 0 saturated carbocycles. The summed E-state index contributed by atoms with van der Waals surface area (Å²) in [5.74, 6) is 0. The van der Waals surface area contributed by atoms with Crippen molar-refractivity contribution < 1.29 is 25.6 Å². The summed E-state index contributed by atoms with van der Waals surface area (Å²) in [5.41, 5.74) is 2.47. The number of nitrogens with one attached hydrogen (secondary N) is 4. The summed E-state index contributed by atoms with van der Waals surface area (Å²) in [6.45, 7) is 1.61. The molecule has 9 heteroatoms. The lowest BCUT2D eigenvalue weighted by Gasteiger charge is -2.27. The standard InChI is InChI=1S/C7H10N4O5/c1-7-3-4-5(9(12)15-8-4)2-6(7)10(13)16-11(7)14/h2,8-11H,3H2,1H3. The second-order valence-corrected chi connectivity index (χ2v) is 4.13. The van der Waals surface area contributed by atoms with Crippen LogP contribution in [-0.2, 0) is 9.88 Å². The van der Waals surface area contributed by atoms with Crippen molar-refractivity contribution >= 4 is 0 Å². The van der Waals surface area contributed by atoms with Crippen LogP contribution in [0.15, 0.2) is 23.2 Å². The van der Waals surface area contributed by atoms with Crippen LogP contribution in [0.1, 0.15) is 13.3 Å². The van der Waals surface area contributed by atoms with Crippen molar-refractivity contribution in [1.29, 1.82) is 0 Å². The Morgan fingerprint density at radius 2 is 2.12 bits per heavy atom. The maximum atomic E-state index is 11.6. The van der Waals surface area contributed by atoms with E-state index in [2.05, 4.69) is 15.4 Å². The van der Waals surface area contributed by atoms with E-state index in [0.717, 1.165) is 0 Å². The zero-order valence-electron chi connectivity index (χ0n) is 8.33. The quantitative estimate of drug-likeness (QED) is 0.313. The van der Waals surface area contributed by atoms with Gasteiger partial charge in [-0.15, -0.1) is 5.23 Å². The first-order chi connectivity index (χ1) is 7.52. The van der Waals surface area contributed by atoms with Crippen molar-refractivity contribution in [3.05, 3.63) is 38.8 Å². The topological polar surface area (TPSA) is 113 Å². The first-order valence-electron chi connectivity index (χ1n) is 4.71. The van der Waals surface area contributed by atoms with Crippen molar-refractivity contribution in [3.8, 4) is 0 Å². The lowest BCUT2D eigenvalue weighted by Crippen LogP contribution is -3.19. The average Bonchev–Trinajstić information content (AvgIpc) is 2.67. The molecule has 16 heavy (non-hydrogen) atoms. The Balaban J connectivity index is 2.05. The third-order valence-corrected chi connectivity index (χ3v) is 3.08. The van der Waals surface area contributed by atoms with E-state index in [9.17, 15) is 15.6 Å². The second-order valence-electron chi connectivity index (χ2n) is 4.13. The van der Waals surface area contributed by atoms with E-state index in [1.807, 2.05) is 0 Å². The molecule has 0 amide bonds. The van der Waals surface area contributed by atoms with Crippen LogP contribution in [0.5, 0.6) is 0 Å². The largest absolute Gasteiger partial charge is 0.595 e. The molecule has 3 aliphatic rings. The second kappa shape index (κ2) is 3.00. The maximum Gasteiger partial charge on any atom is 0.216 e. The van der Waals surface area contributed by atoms with Crippen LogP contribution < -0.4 is 21.2 Å². The van der Waals surface area contributed by atoms with Crippen molar-refractivity contribution in [2.45, 2.75) is 18.9 Å². The van der Waals surface area contributed by atoms with Gasteiger partial charge < -0.3 is 15.6 Å². The van der Waals surface area contributed by atoms with Crippen LogP contribution in [-0.4, -0.2) is 5.54 Å². The van der Waals surface area contributed by atoms with Gasteiger partial charge in [-0.2, -0.15) is 10.5 Å². The first-order valence-corrected chi connectivity index (χ1v) is 4.71. The van der Waals surface area contributed by atoms with Crippen LogP contribution in [0.25, 0.3) is 0 Å². The highest BCUT2D eigenvalue weighted by Gasteiger charge is 2.56. The molecule has 4 atom stereocenters. The summed E-state index contributed by atoms with van der Waals surface area (Å²) in [7, 11) is 0. The normalized spacial score (nSPS) is 46.2. The molecule has 4 unspecified atom stereocenters. The lowest BCUT2D eigenvalue weighted by molar-refractivity contribution is -1.27. The summed E-state index contributed by atoms with van der Waals surface area (Å²) in [6.07, 6.45) is 1.58. The highest BCUT2D eigenvalue weighted by molar-refractivity contribution is 5.31. The van der Waals surface area contributed by atoms with Gasteiger partial charge in [-0.1, -0.05) is 4.94 Å². The molecule has 1 aliphatic carbocycles. The number of rotatable bonds is 0. The Labute approximate surface area is 89.6 Å². The van der Waals surface area contributed by atoms with Crippen molar-refractivity contribution in [2.24, 2.45) is 0 Å². The van der Waals surface area contributed by atoms with Crippen LogP contribution in [0.3, 0.4) is 0 Å². The van der Waals surface area contributed by atoms with E-state index in [1.54, 1.807) is 6.92 Å². The molecule has 2 heterocycles. The molecule has 88 valence electrons. The van der Waals surface area contributed by atoms with E-state index in [0.29, 0.717) is 11.4 Å². The molecule has 0 aromatic carbocycles. The lowest BCUT2D eigenvalue weighted by atomic mass is 9.88. The van der Waals surface area contributed by atoms with Gasteiger partial charge in [-0.3, -0.25) is 0 Å². The summed E-state index contributed by atoms with van der Waals surface area (Å²) in [4.78, 5) is 9.17. The molecule has 9 nitrogen and oxygen atoms in total. The van der Waals surface area contributed by atoms with Crippen LogP contribution in [0, 0.1) is 15.6 Å². The van der Waals surface area contributed by atoms with Crippen LogP contribution in [0.4, 0.5) is 0 Å². The maximum absolute atomic E-state index is 11.6. The third kappa shape index (κ3) is 1.10. The molecule has 0 aromatic rings. The van der Waals surface area contributed by atoms with Gasteiger partial charge in [-0.05, 0) is 4.94 Å². The van der Waals surface area contributed by atoms with Gasteiger partial charge in [0.2, 0.25) is 11.2 Å². The fourth-order valence-corrected chi connectivity index (χ4v) is 2.09. The molecular weight excluding hydrogens is 220 g/mol. The van der Waals surface area contributed by atoms with Gasteiger partial charge in [0, 0.05) is 6.92 Å². The molecule has 0 radical (unpaired) electrons. The van der Waals surface area contributed by atoms with Crippen LogP contribution >= 0.6 is 0 Å². The minimum absolute atomic E-state index is 0.213. The summed E-state index contributed by atoms with van der Waals surface area (Å²) in [5, 5.41) is 32.4. The number of quaternary nitrogens is 3.